The second-order valence-electron chi connectivity index (χ2n) is 3.32. The van der Waals surface area contributed by atoms with Crippen LogP contribution in [-0.4, -0.2) is 35.2 Å². The Balaban J connectivity index is 2.18. The fraction of sp³-hybridized carbons (Fsp3) is 0.333. The lowest BCUT2D eigenvalue weighted by atomic mass is 10.1. The molecule has 0 unspecified atom stereocenters. The fourth-order valence-corrected chi connectivity index (χ4v) is 1.42. The van der Waals surface area contributed by atoms with Crippen LogP contribution < -0.4 is 10.6 Å². The maximum absolute atomic E-state index is 10.8. The molecule has 0 spiro atoms. The molecule has 1 aromatic rings. The Kier molecular flexibility index (Phi) is 2.09. The molecule has 0 aliphatic carbocycles. The summed E-state index contributed by atoms with van der Waals surface area (Å²) in [6, 6.07) is 3.42. The largest absolute Gasteiger partial charge is 0.389 e. The van der Waals surface area contributed by atoms with Crippen molar-refractivity contribution >= 4 is 11.6 Å². The number of hydrogen-bond donors (Lipinski definition) is 2. The number of nitrogens with zero attached hydrogens (tertiary/aromatic N) is 2. The topological polar surface area (TPSA) is 79.5 Å². The normalized spacial score (nSPS) is 16.5. The number of aromatic nitrogens is 1. The number of β-amino-alcohol motifs (C(OH)–C–C–N with tert-alkyl or cyclic N) is 1. The number of aliphatic hydroxyl groups is 1. The molecule has 0 radical (unpaired) electrons. The van der Waals surface area contributed by atoms with Gasteiger partial charge in [0.15, 0.2) is 0 Å². The first kappa shape index (κ1) is 8.96. The van der Waals surface area contributed by atoms with Crippen LogP contribution in [0, 0.1) is 0 Å². The smallest absolute Gasteiger partial charge is 0.267 e. The fourth-order valence-electron chi connectivity index (χ4n) is 1.42. The zero-order valence-corrected chi connectivity index (χ0v) is 7.55. The Morgan fingerprint density at radius 2 is 2.36 bits per heavy atom. The molecule has 0 aromatic carbocycles. The van der Waals surface area contributed by atoms with E-state index in [0.29, 0.717) is 13.1 Å². The minimum atomic E-state index is -0.534. The van der Waals surface area contributed by atoms with Crippen molar-refractivity contribution < 1.29 is 9.90 Å². The molecule has 2 rings (SSSR count). The summed E-state index contributed by atoms with van der Waals surface area (Å²) < 4.78 is 0. The monoisotopic (exact) mass is 193 g/mol. The van der Waals surface area contributed by atoms with Crippen molar-refractivity contribution in [3.8, 4) is 0 Å². The van der Waals surface area contributed by atoms with E-state index in [9.17, 15) is 4.79 Å². The van der Waals surface area contributed by atoms with Crippen molar-refractivity contribution in [1.82, 2.24) is 4.98 Å². The molecular formula is C9H11N3O2. The highest BCUT2D eigenvalue weighted by Gasteiger charge is 2.24. The van der Waals surface area contributed by atoms with Crippen molar-refractivity contribution in [2.75, 3.05) is 18.0 Å². The third-order valence-electron chi connectivity index (χ3n) is 2.22. The van der Waals surface area contributed by atoms with Gasteiger partial charge in [-0.2, -0.15) is 0 Å². The van der Waals surface area contributed by atoms with Gasteiger partial charge in [-0.15, -0.1) is 0 Å². The lowest BCUT2D eigenvalue weighted by molar-refractivity contribution is 0.0995. The summed E-state index contributed by atoms with van der Waals surface area (Å²) in [5, 5.41) is 9.11. The number of anilines is 1. The Hall–Kier alpha value is -1.62. The van der Waals surface area contributed by atoms with Crippen molar-refractivity contribution in [2.24, 2.45) is 5.73 Å². The molecule has 1 amide bonds. The van der Waals surface area contributed by atoms with Crippen LogP contribution in [0.4, 0.5) is 5.69 Å². The number of primary amides is 1. The summed E-state index contributed by atoms with van der Waals surface area (Å²) in [6.45, 7) is 1.20. The van der Waals surface area contributed by atoms with E-state index in [0.717, 1.165) is 5.69 Å². The zero-order chi connectivity index (χ0) is 10.1. The summed E-state index contributed by atoms with van der Waals surface area (Å²) in [4.78, 5) is 16.6. The van der Waals surface area contributed by atoms with E-state index in [4.69, 9.17) is 10.8 Å². The second kappa shape index (κ2) is 3.26. The second-order valence-corrected chi connectivity index (χ2v) is 3.32. The van der Waals surface area contributed by atoms with E-state index in [-0.39, 0.29) is 11.8 Å². The minimum absolute atomic E-state index is 0.254. The SMILES string of the molecule is NC(=O)c1cc(N2CC(O)C2)ccn1. The van der Waals surface area contributed by atoms with Gasteiger partial charge in [0.25, 0.3) is 5.91 Å². The predicted octanol–water partition coefficient (Wildman–Crippen LogP) is -0.639. The van der Waals surface area contributed by atoms with E-state index >= 15 is 0 Å². The first-order valence-corrected chi connectivity index (χ1v) is 4.35. The van der Waals surface area contributed by atoms with Gasteiger partial charge in [-0.05, 0) is 12.1 Å². The third kappa shape index (κ3) is 1.54. The number of rotatable bonds is 2. The molecule has 2 heterocycles. The summed E-state index contributed by atoms with van der Waals surface area (Å²) in [7, 11) is 0. The Bertz CT molecular complexity index is 361. The number of aliphatic hydroxyl groups excluding tert-OH is 1. The quantitative estimate of drug-likeness (QED) is 0.655. The average molecular weight is 193 g/mol. The first-order valence-electron chi connectivity index (χ1n) is 4.35. The molecule has 1 aliphatic rings. The van der Waals surface area contributed by atoms with Gasteiger partial charge in [0.1, 0.15) is 5.69 Å². The van der Waals surface area contributed by atoms with Gasteiger partial charge >= 0.3 is 0 Å². The summed E-state index contributed by atoms with van der Waals surface area (Å²) >= 11 is 0. The molecule has 1 aromatic heterocycles. The summed E-state index contributed by atoms with van der Waals surface area (Å²) in [6.07, 6.45) is 1.28. The van der Waals surface area contributed by atoms with Gasteiger partial charge in [-0.3, -0.25) is 9.78 Å². The van der Waals surface area contributed by atoms with Crippen LogP contribution in [0.3, 0.4) is 0 Å². The van der Waals surface area contributed by atoms with Crippen molar-refractivity contribution in [3.05, 3.63) is 24.0 Å². The molecule has 5 heteroatoms. The third-order valence-corrected chi connectivity index (χ3v) is 2.22. The molecule has 74 valence electrons. The molecule has 5 nitrogen and oxygen atoms in total. The van der Waals surface area contributed by atoms with E-state index in [1.54, 1.807) is 18.3 Å². The Labute approximate surface area is 81.2 Å². The van der Waals surface area contributed by atoms with E-state index in [1.165, 1.54) is 0 Å². The van der Waals surface area contributed by atoms with Crippen LogP contribution in [0.25, 0.3) is 0 Å². The van der Waals surface area contributed by atoms with Gasteiger partial charge in [0, 0.05) is 25.0 Å². The standard InChI is InChI=1S/C9H11N3O2/c10-9(14)8-3-6(1-2-11-8)12-4-7(13)5-12/h1-3,7,13H,4-5H2,(H2,10,14). The Morgan fingerprint density at radius 3 is 2.93 bits per heavy atom. The van der Waals surface area contributed by atoms with E-state index in [2.05, 4.69) is 4.98 Å². The Morgan fingerprint density at radius 1 is 1.64 bits per heavy atom. The van der Waals surface area contributed by atoms with Crippen molar-refractivity contribution in [1.29, 1.82) is 0 Å². The molecule has 0 atom stereocenters. The number of carbonyl (C=O) groups excluding carboxylic acids is 1. The molecular weight excluding hydrogens is 182 g/mol. The van der Waals surface area contributed by atoms with Gasteiger partial charge in [0.2, 0.25) is 0 Å². The average Bonchev–Trinajstić information content (AvgIpc) is 2.13. The zero-order valence-electron chi connectivity index (χ0n) is 7.55. The van der Waals surface area contributed by atoms with Crippen molar-refractivity contribution in [3.63, 3.8) is 0 Å². The number of hydrogen-bond acceptors (Lipinski definition) is 4. The lowest BCUT2D eigenvalue weighted by Gasteiger charge is -2.37. The maximum Gasteiger partial charge on any atom is 0.267 e. The number of pyridine rings is 1. The lowest BCUT2D eigenvalue weighted by Crippen LogP contribution is -2.50. The van der Waals surface area contributed by atoms with Gasteiger partial charge in [-0.1, -0.05) is 0 Å². The summed E-state index contributed by atoms with van der Waals surface area (Å²) in [5.41, 5.74) is 6.23. The molecule has 0 bridgehead atoms. The molecule has 3 N–H and O–H groups in total. The predicted molar refractivity (Wildman–Crippen MR) is 51.0 cm³/mol. The highest BCUT2D eigenvalue weighted by Crippen LogP contribution is 2.20. The van der Waals surface area contributed by atoms with Crippen LogP contribution in [0.5, 0.6) is 0 Å². The van der Waals surface area contributed by atoms with Gasteiger partial charge in [0.05, 0.1) is 6.10 Å². The maximum atomic E-state index is 10.8. The minimum Gasteiger partial charge on any atom is -0.389 e. The van der Waals surface area contributed by atoms with Gasteiger partial charge in [-0.25, -0.2) is 0 Å². The molecule has 14 heavy (non-hydrogen) atoms. The van der Waals surface area contributed by atoms with E-state index in [1.807, 2.05) is 4.90 Å². The highest BCUT2D eigenvalue weighted by molar-refractivity contribution is 5.91. The molecule has 1 fully saturated rings. The number of nitrogens with two attached hydrogens (primary N) is 1. The van der Waals surface area contributed by atoms with Crippen LogP contribution in [-0.2, 0) is 0 Å². The van der Waals surface area contributed by atoms with Crippen LogP contribution in [0.1, 0.15) is 10.5 Å². The highest BCUT2D eigenvalue weighted by atomic mass is 16.3. The molecule has 0 saturated carbocycles. The number of carbonyl (C=O) groups is 1. The van der Waals surface area contributed by atoms with Gasteiger partial charge < -0.3 is 15.7 Å². The first-order chi connectivity index (χ1) is 6.66. The van der Waals surface area contributed by atoms with Crippen molar-refractivity contribution in [2.45, 2.75) is 6.10 Å². The van der Waals surface area contributed by atoms with Crippen LogP contribution in [0.15, 0.2) is 18.3 Å². The van der Waals surface area contributed by atoms with Crippen LogP contribution in [0.2, 0.25) is 0 Å². The van der Waals surface area contributed by atoms with Crippen LogP contribution >= 0.6 is 0 Å². The number of amides is 1. The summed E-state index contributed by atoms with van der Waals surface area (Å²) in [5.74, 6) is -0.534. The van der Waals surface area contributed by atoms with E-state index < -0.39 is 5.91 Å². The molecule has 1 aliphatic heterocycles. The molecule has 1 saturated heterocycles.